The molecule has 2 aromatic carbocycles. The van der Waals surface area contributed by atoms with Crippen molar-refractivity contribution < 1.29 is 14.7 Å². The number of anilines is 1. The Balaban J connectivity index is 2.10. The van der Waals surface area contributed by atoms with Crippen LogP contribution < -0.4 is 5.32 Å². The summed E-state index contributed by atoms with van der Waals surface area (Å²) in [6.45, 7) is 1.55. The van der Waals surface area contributed by atoms with E-state index in [-0.39, 0.29) is 27.1 Å². The van der Waals surface area contributed by atoms with E-state index >= 15 is 0 Å². The minimum atomic E-state index is -0.511. The largest absolute Gasteiger partial charge is 0.506 e. The van der Waals surface area contributed by atoms with E-state index in [1.165, 1.54) is 12.1 Å². The van der Waals surface area contributed by atoms with Gasteiger partial charge in [0.1, 0.15) is 11.5 Å². The molecule has 0 unspecified atom stereocenters. The van der Waals surface area contributed by atoms with Gasteiger partial charge in [0.25, 0.3) is 5.91 Å². The molecule has 1 amide bonds. The molecule has 0 aromatic heterocycles. The maximum atomic E-state index is 12.2. The van der Waals surface area contributed by atoms with Crippen molar-refractivity contribution in [2.45, 2.75) is 19.8 Å². The second kappa shape index (κ2) is 7.49. The molecule has 120 valence electrons. The lowest BCUT2D eigenvalue weighted by atomic mass is 10.1. The van der Waals surface area contributed by atoms with Gasteiger partial charge in [-0.2, -0.15) is 0 Å². The maximum Gasteiger partial charge on any atom is 0.259 e. The predicted octanol–water partition coefficient (Wildman–Crippen LogP) is 4.47. The van der Waals surface area contributed by atoms with Gasteiger partial charge >= 0.3 is 0 Å². The summed E-state index contributed by atoms with van der Waals surface area (Å²) >= 11 is 11.7. The normalized spacial score (nSPS) is 10.4. The van der Waals surface area contributed by atoms with Gasteiger partial charge in [0.05, 0.1) is 10.6 Å². The minimum Gasteiger partial charge on any atom is -0.506 e. The Labute approximate surface area is 144 Å². The fourth-order valence-electron chi connectivity index (χ4n) is 2.01. The summed E-state index contributed by atoms with van der Waals surface area (Å²) in [5.41, 5.74) is 1.58. The molecule has 0 spiro atoms. The van der Waals surface area contributed by atoms with E-state index in [2.05, 4.69) is 5.32 Å². The number of nitrogens with one attached hydrogen (secondary N) is 1. The molecule has 0 aliphatic heterocycles. The van der Waals surface area contributed by atoms with E-state index in [9.17, 15) is 14.7 Å². The highest BCUT2D eigenvalue weighted by Gasteiger charge is 2.15. The van der Waals surface area contributed by atoms with Crippen molar-refractivity contribution in [2.75, 3.05) is 5.32 Å². The van der Waals surface area contributed by atoms with Crippen LogP contribution in [0.5, 0.6) is 5.75 Å². The Morgan fingerprint density at radius 1 is 1.13 bits per heavy atom. The first kappa shape index (κ1) is 17.3. The van der Waals surface area contributed by atoms with Gasteiger partial charge in [-0.25, -0.2) is 0 Å². The van der Waals surface area contributed by atoms with Crippen molar-refractivity contribution in [1.82, 2.24) is 0 Å². The van der Waals surface area contributed by atoms with E-state index in [0.717, 1.165) is 5.56 Å². The van der Waals surface area contributed by atoms with Crippen molar-refractivity contribution in [3.8, 4) is 5.75 Å². The molecule has 2 aromatic rings. The van der Waals surface area contributed by atoms with Gasteiger partial charge in [0.2, 0.25) is 0 Å². The zero-order valence-electron chi connectivity index (χ0n) is 12.4. The van der Waals surface area contributed by atoms with Crippen molar-refractivity contribution in [2.24, 2.45) is 0 Å². The summed E-state index contributed by atoms with van der Waals surface area (Å²) in [5, 5.41) is 12.8. The van der Waals surface area contributed by atoms with Crippen LogP contribution in [0.2, 0.25) is 10.0 Å². The lowest BCUT2D eigenvalue weighted by molar-refractivity contribution is -0.116. The molecule has 2 N–H and O–H groups in total. The van der Waals surface area contributed by atoms with E-state index in [0.29, 0.717) is 18.5 Å². The van der Waals surface area contributed by atoms with Crippen molar-refractivity contribution in [3.63, 3.8) is 0 Å². The molecule has 0 heterocycles. The standard InChI is InChI=1S/C17H15Cl2NO3/c1-10(21)2-3-11-4-6-13(7-5-11)20-17(23)14-8-12(18)9-15(19)16(14)22/h4-9,22H,2-3H2,1H3,(H,20,23). The number of aromatic hydroxyl groups is 1. The number of rotatable bonds is 5. The fraction of sp³-hybridized carbons (Fsp3) is 0.176. The van der Waals surface area contributed by atoms with Gasteiger partial charge in [-0.15, -0.1) is 0 Å². The number of Topliss-reactive ketones (excluding diaryl/α,β-unsaturated/α-hetero) is 1. The summed E-state index contributed by atoms with van der Waals surface area (Å²) in [7, 11) is 0. The third-order valence-electron chi connectivity index (χ3n) is 3.25. The Kier molecular flexibility index (Phi) is 5.64. The van der Waals surface area contributed by atoms with Crippen LogP contribution in [0.3, 0.4) is 0 Å². The van der Waals surface area contributed by atoms with Crippen LogP contribution >= 0.6 is 23.2 Å². The van der Waals surface area contributed by atoms with Crippen molar-refractivity contribution in [1.29, 1.82) is 0 Å². The SMILES string of the molecule is CC(=O)CCc1ccc(NC(=O)c2cc(Cl)cc(Cl)c2O)cc1. The molecule has 0 saturated heterocycles. The highest BCUT2D eigenvalue weighted by atomic mass is 35.5. The topological polar surface area (TPSA) is 66.4 Å². The molecule has 0 aliphatic carbocycles. The van der Waals surface area contributed by atoms with Crippen LogP contribution in [0.15, 0.2) is 36.4 Å². The highest BCUT2D eigenvalue weighted by Crippen LogP contribution is 2.31. The first-order valence-corrected chi connectivity index (χ1v) is 7.70. The Hall–Kier alpha value is -2.04. The molecule has 4 nitrogen and oxygen atoms in total. The van der Waals surface area contributed by atoms with Gasteiger partial charge in [0.15, 0.2) is 0 Å². The van der Waals surface area contributed by atoms with E-state index in [4.69, 9.17) is 23.2 Å². The van der Waals surface area contributed by atoms with Crippen LogP contribution in [0, 0.1) is 0 Å². The summed E-state index contributed by atoms with van der Waals surface area (Å²) in [6, 6.07) is 9.85. The highest BCUT2D eigenvalue weighted by molar-refractivity contribution is 6.36. The molecule has 0 saturated carbocycles. The molecule has 2 rings (SSSR count). The van der Waals surface area contributed by atoms with E-state index in [1.807, 2.05) is 12.1 Å². The summed E-state index contributed by atoms with van der Waals surface area (Å²) < 4.78 is 0. The molecule has 0 fully saturated rings. The van der Waals surface area contributed by atoms with Gasteiger partial charge < -0.3 is 15.2 Å². The third kappa shape index (κ3) is 4.71. The van der Waals surface area contributed by atoms with Gasteiger partial charge in [0, 0.05) is 17.1 Å². The number of amides is 1. The Bertz CT molecular complexity index is 742. The Morgan fingerprint density at radius 2 is 1.78 bits per heavy atom. The summed E-state index contributed by atoms with van der Waals surface area (Å²) in [4.78, 5) is 23.2. The van der Waals surface area contributed by atoms with Crippen LogP contribution in [0.25, 0.3) is 0 Å². The lowest BCUT2D eigenvalue weighted by Gasteiger charge is -2.09. The molecule has 6 heteroatoms. The smallest absolute Gasteiger partial charge is 0.259 e. The second-order valence-electron chi connectivity index (χ2n) is 5.14. The van der Waals surface area contributed by atoms with Gasteiger partial charge in [-0.3, -0.25) is 4.79 Å². The zero-order valence-corrected chi connectivity index (χ0v) is 13.9. The molecule has 0 radical (unpaired) electrons. The van der Waals surface area contributed by atoms with Crippen molar-refractivity contribution >= 4 is 40.6 Å². The van der Waals surface area contributed by atoms with Crippen molar-refractivity contribution in [3.05, 3.63) is 57.6 Å². The Morgan fingerprint density at radius 3 is 2.39 bits per heavy atom. The number of hydrogen-bond donors (Lipinski definition) is 2. The molecule has 23 heavy (non-hydrogen) atoms. The summed E-state index contributed by atoms with van der Waals surface area (Å²) in [6.07, 6.45) is 1.15. The summed E-state index contributed by atoms with van der Waals surface area (Å²) in [5.74, 6) is -0.689. The third-order valence-corrected chi connectivity index (χ3v) is 3.76. The molecule has 0 bridgehead atoms. The number of ketones is 1. The minimum absolute atomic E-state index is 0.00292. The number of carbonyl (C=O) groups excluding carboxylic acids is 2. The average molecular weight is 352 g/mol. The average Bonchev–Trinajstić information content (AvgIpc) is 2.50. The monoisotopic (exact) mass is 351 g/mol. The first-order chi connectivity index (χ1) is 10.9. The van der Waals surface area contributed by atoms with Gasteiger partial charge in [-0.1, -0.05) is 35.3 Å². The van der Waals surface area contributed by atoms with Crippen LogP contribution in [0.1, 0.15) is 29.3 Å². The molecule has 0 atom stereocenters. The van der Waals surface area contributed by atoms with Gasteiger partial charge in [-0.05, 0) is 43.2 Å². The number of phenols is 1. The number of aryl methyl sites for hydroxylation is 1. The second-order valence-corrected chi connectivity index (χ2v) is 5.98. The predicted molar refractivity (Wildman–Crippen MR) is 91.5 cm³/mol. The van der Waals surface area contributed by atoms with E-state index in [1.54, 1.807) is 19.1 Å². The molecular formula is C17H15Cl2NO3. The molecule has 0 aliphatic rings. The maximum absolute atomic E-state index is 12.2. The van der Waals surface area contributed by atoms with Crippen LogP contribution in [-0.4, -0.2) is 16.8 Å². The number of benzene rings is 2. The van der Waals surface area contributed by atoms with Crippen LogP contribution in [0.4, 0.5) is 5.69 Å². The number of halogens is 2. The van der Waals surface area contributed by atoms with Crippen LogP contribution in [-0.2, 0) is 11.2 Å². The first-order valence-electron chi connectivity index (χ1n) is 6.94. The lowest BCUT2D eigenvalue weighted by Crippen LogP contribution is -2.12. The fourth-order valence-corrected chi connectivity index (χ4v) is 2.51. The quantitative estimate of drug-likeness (QED) is 0.834. The number of hydrogen-bond acceptors (Lipinski definition) is 3. The van der Waals surface area contributed by atoms with E-state index < -0.39 is 5.91 Å². The number of carbonyl (C=O) groups is 2. The molecular weight excluding hydrogens is 337 g/mol. The number of phenolic OH excluding ortho intramolecular Hbond substituents is 1. The zero-order chi connectivity index (χ0) is 17.0.